The minimum Gasteiger partial charge on any atom is -0.314 e. The molecule has 1 atom stereocenters. The largest absolute Gasteiger partial charge is 0.314 e. The number of aromatic nitrogens is 3. The van der Waals surface area contributed by atoms with Crippen molar-refractivity contribution in [3.8, 4) is 0 Å². The van der Waals surface area contributed by atoms with Gasteiger partial charge in [-0.1, -0.05) is 6.92 Å². The highest BCUT2D eigenvalue weighted by atomic mass is 15.3. The fourth-order valence-corrected chi connectivity index (χ4v) is 2.45. The molecule has 90 valence electrons. The van der Waals surface area contributed by atoms with E-state index >= 15 is 0 Å². The topological polar surface area (TPSA) is 42.7 Å². The third-order valence-corrected chi connectivity index (χ3v) is 3.83. The Bertz CT molecular complexity index is 341. The van der Waals surface area contributed by atoms with Crippen molar-refractivity contribution < 1.29 is 0 Å². The van der Waals surface area contributed by atoms with E-state index in [-0.39, 0.29) is 0 Å². The van der Waals surface area contributed by atoms with Crippen LogP contribution in [-0.4, -0.2) is 27.4 Å². The monoisotopic (exact) mass is 222 g/mol. The lowest BCUT2D eigenvalue weighted by Gasteiger charge is -2.23. The second-order valence-electron chi connectivity index (χ2n) is 4.81. The lowest BCUT2D eigenvalue weighted by molar-refractivity contribution is 0.343. The van der Waals surface area contributed by atoms with Gasteiger partial charge in [-0.2, -0.15) is 5.10 Å². The highest BCUT2D eigenvalue weighted by molar-refractivity contribution is 5.06. The zero-order valence-corrected chi connectivity index (χ0v) is 10.5. The van der Waals surface area contributed by atoms with Crippen LogP contribution in [0.2, 0.25) is 0 Å². The summed E-state index contributed by atoms with van der Waals surface area (Å²) in [6.45, 7) is 8.54. The van der Waals surface area contributed by atoms with Crippen molar-refractivity contribution in [1.82, 2.24) is 20.1 Å². The van der Waals surface area contributed by atoms with E-state index in [2.05, 4.69) is 36.2 Å². The molecule has 1 unspecified atom stereocenters. The molecule has 0 bridgehead atoms. The van der Waals surface area contributed by atoms with Gasteiger partial charge in [0.15, 0.2) is 0 Å². The van der Waals surface area contributed by atoms with Crippen molar-refractivity contribution in [3.05, 3.63) is 12.2 Å². The molecule has 1 fully saturated rings. The highest BCUT2D eigenvalue weighted by Gasteiger charge is 2.47. The Morgan fingerprint density at radius 1 is 1.50 bits per heavy atom. The standard InChI is InChI=1S/C12H22N4/c1-4-13-10(3)12(6-7-12)8-11-14-9-15-16(11)5-2/h9-10,13H,4-8H2,1-3H3. The molecule has 4 heteroatoms. The number of nitrogens with zero attached hydrogens (tertiary/aromatic N) is 3. The maximum absolute atomic E-state index is 4.38. The Morgan fingerprint density at radius 2 is 2.25 bits per heavy atom. The molecule has 1 aliphatic carbocycles. The molecule has 4 nitrogen and oxygen atoms in total. The average Bonchev–Trinajstić information content (AvgIpc) is 2.91. The molecular weight excluding hydrogens is 200 g/mol. The van der Waals surface area contributed by atoms with Gasteiger partial charge >= 0.3 is 0 Å². The smallest absolute Gasteiger partial charge is 0.138 e. The summed E-state index contributed by atoms with van der Waals surface area (Å²) in [6.07, 6.45) is 5.37. The molecule has 0 amide bonds. The summed E-state index contributed by atoms with van der Waals surface area (Å²) in [5.74, 6) is 1.14. The van der Waals surface area contributed by atoms with Crippen LogP contribution in [0, 0.1) is 5.41 Å². The van der Waals surface area contributed by atoms with Gasteiger partial charge in [0, 0.05) is 19.0 Å². The van der Waals surface area contributed by atoms with Crippen LogP contribution < -0.4 is 5.32 Å². The van der Waals surface area contributed by atoms with Crippen LogP contribution in [0.3, 0.4) is 0 Å². The van der Waals surface area contributed by atoms with Gasteiger partial charge in [-0.05, 0) is 38.6 Å². The molecule has 0 aliphatic heterocycles. The fourth-order valence-electron chi connectivity index (χ4n) is 2.45. The van der Waals surface area contributed by atoms with Gasteiger partial charge in [0.2, 0.25) is 0 Å². The van der Waals surface area contributed by atoms with E-state index in [9.17, 15) is 0 Å². The molecule has 1 aromatic heterocycles. The Balaban J connectivity index is 2.04. The van der Waals surface area contributed by atoms with Crippen molar-refractivity contribution in [3.63, 3.8) is 0 Å². The van der Waals surface area contributed by atoms with E-state index in [4.69, 9.17) is 0 Å². The van der Waals surface area contributed by atoms with Gasteiger partial charge in [-0.3, -0.25) is 4.68 Å². The van der Waals surface area contributed by atoms with E-state index in [0.29, 0.717) is 11.5 Å². The van der Waals surface area contributed by atoms with Crippen LogP contribution in [0.1, 0.15) is 39.4 Å². The van der Waals surface area contributed by atoms with Crippen molar-refractivity contribution in [1.29, 1.82) is 0 Å². The first-order valence-corrected chi connectivity index (χ1v) is 6.32. The Labute approximate surface area is 97.5 Å². The van der Waals surface area contributed by atoms with Crippen molar-refractivity contribution in [2.24, 2.45) is 5.41 Å². The zero-order chi connectivity index (χ0) is 11.6. The molecule has 1 aromatic rings. The first-order valence-electron chi connectivity index (χ1n) is 6.32. The molecule has 1 saturated carbocycles. The molecule has 0 spiro atoms. The van der Waals surface area contributed by atoms with Crippen LogP contribution in [-0.2, 0) is 13.0 Å². The fraction of sp³-hybridized carbons (Fsp3) is 0.833. The molecule has 0 radical (unpaired) electrons. The van der Waals surface area contributed by atoms with Crippen LogP contribution in [0.25, 0.3) is 0 Å². The number of aryl methyl sites for hydroxylation is 1. The minimum absolute atomic E-state index is 0.440. The van der Waals surface area contributed by atoms with Gasteiger partial charge < -0.3 is 5.32 Å². The van der Waals surface area contributed by atoms with Crippen molar-refractivity contribution in [2.75, 3.05) is 6.54 Å². The van der Waals surface area contributed by atoms with Gasteiger partial charge in [0.1, 0.15) is 12.2 Å². The summed E-state index contributed by atoms with van der Waals surface area (Å²) in [7, 11) is 0. The third-order valence-electron chi connectivity index (χ3n) is 3.83. The highest BCUT2D eigenvalue weighted by Crippen LogP contribution is 2.50. The summed E-state index contributed by atoms with van der Waals surface area (Å²) < 4.78 is 2.01. The predicted octanol–water partition coefficient (Wildman–Crippen LogP) is 1.62. The number of hydrogen-bond donors (Lipinski definition) is 1. The maximum Gasteiger partial charge on any atom is 0.138 e. The van der Waals surface area contributed by atoms with E-state index in [1.165, 1.54) is 12.8 Å². The molecule has 0 saturated heterocycles. The molecule has 1 aliphatic rings. The second kappa shape index (κ2) is 4.53. The van der Waals surface area contributed by atoms with E-state index in [1.807, 2.05) is 4.68 Å². The van der Waals surface area contributed by atoms with Gasteiger partial charge in [-0.25, -0.2) is 4.98 Å². The SMILES string of the molecule is CCNC(C)C1(Cc2ncnn2CC)CC1. The summed E-state index contributed by atoms with van der Waals surface area (Å²) in [5, 5.41) is 7.78. The third kappa shape index (κ3) is 2.12. The van der Waals surface area contributed by atoms with Gasteiger partial charge in [0.25, 0.3) is 0 Å². The molecule has 1 heterocycles. The van der Waals surface area contributed by atoms with E-state index in [0.717, 1.165) is 25.3 Å². The number of rotatable bonds is 6. The van der Waals surface area contributed by atoms with Crippen LogP contribution in [0.4, 0.5) is 0 Å². The Hall–Kier alpha value is -0.900. The second-order valence-corrected chi connectivity index (χ2v) is 4.81. The Morgan fingerprint density at radius 3 is 2.81 bits per heavy atom. The molecule has 2 rings (SSSR count). The molecular formula is C12H22N4. The molecule has 16 heavy (non-hydrogen) atoms. The number of hydrogen-bond acceptors (Lipinski definition) is 3. The van der Waals surface area contributed by atoms with Gasteiger partial charge in [0.05, 0.1) is 0 Å². The summed E-state index contributed by atoms with van der Waals surface area (Å²) in [5.41, 5.74) is 0.440. The summed E-state index contributed by atoms with van der Waals surface area (Å²) in [4.78, 5) is 4.38. The summed E-state index contributed by atoms with van der Waals surface area (Å²) in [6, 6.07) is 0.583. The van der Waals surface area contributed by atoms with E-state index in [1.54, 1.807) is 6.33 Å². The first kappa shape index (κ1) is 11.6. The van der Waals surface area contributed by atoms with Crippen molar-refractivity contribution in [2.45, 2.75) is 52.6 Å². The lowest BCUT2D eigenvalue weighted by atomic mass is 9.93. The molecule has 0 aromatic carbocycles. The van der Waals surface area contributed by atoms with Crippen LogP contribution in [0.5, 0.6) is 0 Å². The van der Waals surface area contributed by atoms with Crippen LogP contribution >= 0.6 is 0 Å². The van der Waals surface area contributed by atoms with E-state index < -0.39 is 0 Å². The Kier molecular flexibility index (Phi) is 3.28. The van der Waals surface area contributed by atoms with Crippen molar-refractivity contribution >= 4 is 0 Å². The van der Waals surface area contributed by atoms with Crippen LogP contribution in [0.15, 0.2) is 6.33 Å². The predicted molar refractivity (Wildman–Crippen MR) is 64.2 cm³/mol. The zero-order valence-electron chi connectivity index (χ0n) is 10.5. The minimum atomic E-state index is 0.440. The maximum atomic E-state index is 4.38. The lowest BCUT2D eigenvalue weighted by Crippen LogP contribution is -2.36. The number of nitrogens with one attached hydrogen (secondary N) is 1. The summed E-state index contributed by atoms with van der Waals surface area (Å²) >= 11 is 0. The van der Waals surface area contributed by atoms with Gasteiger partial charge in [-0.15, -0.1) is 0 Å². The normalized spacial score (nSPS) is 19.7. The molecule has 1 N–H and O–H groups in total. The quantitative estimate of drug-likeness (QED) is 0.795. The first-order chi connectivity index (χ1) is 7.72. The average molecular weight is 222 g/mol.